The van der Waals surface area contributed by atoms with Gasteiger partial charge in [0.15, 0.2) is 9.84 Å². The second-order valence-electron chi connectivity index (χ2n) is 7.94. The molecule has 2 aromatic heterocycles. The molecule has 8 heteroatoms. The minimum Gasteiger partial charge on any atom is -0.441 e. The summed E-state index contributed by atoms with van der Waals surface area (Å²) >= 11 is 0. The second kappa shape index (κ2) is 10.0. The van der Waals surface area contributed by atoms with E-state index < -0.39 is 9.84 Å². The fraction of sp³-hybridized carbons (Fsp3) is 0.192. The minimum absolute atomic E-state index is 0.207. The molecule has 2 aromatic carbocycles. The predicted molar refractivity (Wildman–Crippen MR) is 129 cm³/mol. The lowest BCUT2D eigenvalue weighted by Gasteiger charge is -2.05. The lowest BCUT2D eigenvalue weighted by Crippen LogP contribution is -2.22. The van der Waals surface area contributed by atoms with Crippen LogP contribution in [0.1, 0.15) is 39.9 Å². The first-order valence-electron chi connectivity index (χ1n) is 10.9. The maximum absolute atomic E-state index is 12.9. The van der Waals surface area contributed by atoms with Gasteiger partial charge >= 0.3 is 0 Å². The van der Waals surface area contributed by atoms with Gasteiger partial charge in [-0.15, -0.1) is 0 Å². The number of pyridine rings is 1. The molecule has 0 aliphatic carbocycles. The molecule has 4 aromatic rings. The number of carbonyl (C=O) groups is 1. The summed E-state index contributed by atoms with van der Waals surface area (Å²) in [6, 6.07) is 17.3. The molecule has 0 aliphatic rings. The van der Waals surface area contributed by atoms with Gasteiger partial charge in [0.25, 0.3) is 5.91 Å². The number of aryl methyl sites for hydroxylation is 2. The predicted octanol–water partition coefficient (Wildman–Crippen LogP) is 4.51. The van der Waals surface area contributed by atoms with E-state index in [4.69, 9.17) is 4.42 Å². The Morgan fingerprint density at radius 1 is 1.03 bits per heavy atom. The normalized spacial score (nSPS) is 11.4. The Hall–Kier alpha value is -3.78. The summed E-state index contributed by atoms with van der Waals surface area (Å²) in [7, 11) is -3.56. The molecular weight excluding hydrogens is 450 g/mol. The number of aromatic nitrogens is 2. The van der Waals surface area contributed by atoms with Crippen LogP contribution >= 0.6 is 0 Å². The molecule has 0 radical (unpaired) electrons. The van der Waals surface area contributed by atoms with Gasteiger partial charge in [-0.1, -0.05) is 30.7 Å². The van der Waals surface area contributed by atoms with Gasteiger partial charge in [0.05, 0.1) is 10.6 Å². The summed E-state index contributed by atoms with van der Waals surface area (Å²) in [5.41, 5.74) is 3.46. The van der Waals surface area contributed by atoms with Gasteiger partial charge in [-0.2, -0.15) is 0 Å². The van der Waals surface area contributed by atoms with Crippen molar-refractivity contribution in [2.75, 3.05) is 0 Å². The van der Waals surface area contributed by atoms with Crippen molar-refractivity contribution in [3.05, 3.63) is 101 Å². The highest BCUT2D eigenvalue weighted by atomic mass is 32.2. The minimum atomic E-state index is -3.56. The Bertz CT molecular complexity index is 1380. The van der Waals surface area contributed by atoms with Crippen LogP contribution in [0.2, 0.25) is 0 Å². The molecular formula is C26H25N3O4S. The third-order valence-electron chi connectivity index (χ3n) is 5.38. The number of hydrogen-bond acceptors (Lipinski definition) is 6. The first-order valence-corrected chi connectivity index (χ1v) is 12.6. The zero-order chi connectivity index (χ0) is 24.1. The lowest BCUT2D eigenvalue weighted by atomic mass is 10.1. The Kier molecular flexibility index (Phi) is 6.88. The Morgan fingerprint density at radius 2 is 1.76 bits per heavy atom. The van der Waals surface area contributed by atoms with Crippen LogP contribution < -0.4 is 5.32 Å². The van der Waals surface area contributed by atoms with E-state index in [1.807, 2.05) is 26.0 Å². The topological polar surface area (TPSA) is 102 Å². The molecule has 0 atom stereocenters. The molecule has 2 heterocycles. The van der Waals surface area contributed by atoms with Crippen molar-refractivity contribution in [2.45, 2.75) is 37.5 Å². The van der Waals surface area contributed by atoms with Crippen LogP contribution in [0.25, 0.3) is 11.5 Å². The summed E-state index contributed by atoms with van der Waals surface area (Å²) in [4.78, 5) is 21.2. The molecule has 0 bridgehead atoms. The Labute approximate surface area is 198 Å². The average Bonchev–Trinajstić information content (AvgIpc) is 3.25. The SMILES string of the molecule is CCc1oc(-c2ccc(C(=O)NCc3cccnc3)cc2)nc1CS(=O)(=O)c1ccc(C)cc1. The Balaban J connectivity index is 1.49. The maximum atomic E-state index is 12.9. The van der Waals surface area contributed by atoms with Crippen molar-refractivity contribution in [1.29, 1.82) is 0 Å². The average molecular weight is 476 g/mol. The molecule has 4 rings (SSSR count). The summed E-state index contributed by atoms with van der Waals surface area (Å²) in [6.45, 7) is 4.18. The van der Waals surface area contributed by atoms with Crippen LogP contribution in [0, 0.1) is 6.92 Å². The summed E-state index contributed by atoms with van der Waals surface area (Å²) in [6.07, 6.45) is 3.90. The van der Waals surface area contributed by atoms with Crippen LogP contribution in [0.15, 0.2) is 82.4 Å². The zero-order valence-corrected chi connectivity index (χ0v) is 19.8. The molecule has 0 saturated carbocycles. The molecule has 0 spiro atoms. The maximum Gasteiger partial charge on any atom is 0.251 e. The fourth-order valence-electron chi connectivity index (χ4n) is 3.46. The molecule has 1 N–H and O–H groups in total. The first-order chi connectivity index (χ1) is 16.4. The molecule has 0 fully saturated rings. The van der Waals surface area contributed by atoms with E-state index in [-0.39, 0.29) is 16.6 Å². The standard InChI is InChI=1S/C26H25N3O4S/c1-3-24-23(17-34(31,32)22-12-6-18(2)7-13-22)29-26(33-24)21-10-8-20(9-11-21)25(30)28-16-19-5-4-14-27-15-19/h4-15H,3,16-17H2,1-2H3,(H,28,30). The lowest BCUT2D eigenvalue weighted by molar-refractivity contribution is 0.0951. The monoisotopic (exact) mass is 475 g/mol. The van der Waals surface area contributed by atoms with E-state index in [1.165, 1.54) is 0 Å². The van der Waals surface area contributed by atoms with Crippen LogP contribution in [-0.2, 0) is 28.6 Å². The quantitative estimate of drug-likeness (QED) is 0.402. The molecule has 0 saturated heterocycles. The van der Waals surface area contributed by atoms with Gasteiger partial charge in [-0.05, 0) is 55.0 Å². The van der Waals surface area contributed by atoms with E-state index in [0.29, 0.717) is 41.4 Å². The van der Waals surface area contributed by atoms with E-state index >= 15 is 0 Å². The molecule has 174 valence electrons. The van der Waals surface area contributed by atoms with E-state index in [2.05, 4.69) is 15.3 Å². The van der Waals surface area contributed by atoms with E-state index in [9.17, 15) is 13.2 Å². The summed E-state index contributed by atoms with van der Waals surface area (Å²) in [5.74, 6) is 0.413. The highest BCUT2D eigenvalue weighted by Crippen LogP contribution is 2.26. The van der Waals surface area contributed by atoms with E-state index in [0.717, 1.165) is 11.1 Å². The number of nitrogens with one attached hydrogen (secondary N) is 1. The molecule has 34 heavy (non-hydrogen) atoms. The van der Waals surface area contributed by atoms with Crippen molar-refractivity contribution < 1.29 is 17.6 Å². The first kappa shape index (κ1) is 23.4. The van der Waals surface area contributed by atoms with Crippen LogP contribution in [-0.4, -0.2) is 24.3 Å². The number of oxazole rings is 1. The fourth-order valence-corrected chi connectivity index (χ4v) is 4.76. The van der Waals surface area contributed by atoms with Gasteiger partial charge in [0, 0.05) is 36.5 Å². The van der Waals surface area contributed by atoms with Crippen LogP contribution in [0.3, 0.4) is 0 Å². The second-order valence-corrected chi connectivity index (χ2v) is 9.93. The number of benzene rings is 2. The van der Waals surface area contributed by atoms with Crippen molar-refractivity contribution in [3.8, 4) is 11.5 Å². The number of carbonyl (C=O) groups excluding carboxylic acids is 1. The highest BCUT2D eigenvalue weighted by molar-refractivity contribution is 7.90. The van der Waals surface area contributed by atoms with Gasteiger partial charge in [0.1, 0.15) is 11.5 Å². The van der Waals surface area contributed by atoms with Crippen molar-refractivity contribution >= 4 is 15.7 Å². The molecule has 0 unspecified atom stereocenters. The largest absolute Gasteiger partial charge is 0.441 e. The third kappa shape index (κ3) is 5.40. The molecule has 1 amide bonds. The number of rotatable bonds is 8. The number of nitrogens with zero attached hydrogens (tertiary/aromatic N) is 2. The van der Waals surface area contributed by atoms with Gasteiger partial charge in [-0.25, -0.2) is 13.4 Å². The van der Waals surface area contributed by atoms with Gasteiger partial charge in [-0.3, -0.25) is 9.78 Å². The van der Waals surface area contributed by atoms with Crippen LogP contribution in [0.5, 0.6) is 0 Å². The number of amides is 1. The number of sulfone groups is 1. The Morgan fingerprint density at radius 3 is 2.41 bits per heavy atom. The highest BCUT2D eigenvalue weighted by Gasteiger charge is 2.22. The number of hydrogen-bond donors (Lipinski definition) is 1. The smallest absolute Gasteiger partial charge is 0.251 e. The summed E-state index contributed by atoms with van der Waals surface area (Å²) < 4.78 is 31.6. The van der Waals surface area contributed by atoms with E-state index in [1.54, 1.807) is 60.9 Å². The zero-order valence-electron chi connectivity index (χ0n) is 19.0. The van der Waals surface area contributed by atoms with Gasteiger partial charge < -0.3 is 9.73 Å². The summed E-state index contributed by atoms with van der Waals surface area (Å²) in [5, 5.41) is 2.86. The van der Waals surface area contributed by atoms with Crippen LogP contribution in [0.4, 0.5) is 0 Å². The third-order valence-corrected chi connectivity index (χ3v) is 7.02. The molecule has 0 aliphatic heterocycles. The molecule has 7 nitrogen and oxygen atoms in total. The van der Waals surface area contributed by atoms with Crippen molar-refractivity contribution in [1.82, 2.24) is 15.3 Å². The van der Waals surface area contributed by atoms with Gasteiger partial charge in [0.2, 0.25) is 5.89 Å². The van der Waals surface area contributed by atoms with Crippen molar-refractivity contribution in [2.24, 2.45) is 0 Å². The van der Waals surface area contributed by atoms with Crippen molar-refractivity contribution in [3.63, 3.8) is 0 Å².